The lowest BCUT2D eigenvalue weighted by Crippen LogP contribution is -2.31. The lowest BCUT2D eigenvalue weighted by atomic mass is 10.2. The number of cyclic esters (lactones) is 1. The molecule has 0 unspecified atom stereocenters. The van der Waals surface area contributed by atoms with Gasteiger partial charge in [-0.1, -0.05) is 12.1 Å². The molecule has 2 aliphatic heterocycles. The Balaban J connectivity index is 1.40. The molecule has 0 radical (unpaired) electrons. The fourth-order valence-corrected chi connectivity index (χ4v) is 2.88. The summed E-state index contributed by atoms with van der Waals surface area (Å²) >= 11 is 0. The largest absolute Gasteiger partial charge is 0.448 e. The number of benzene rings is 1. The van der Waals surface area contributed by atoms with Crippen LogP contribution in [0.2, 0.25) is 0 Å². The van der Waals surface area contributed by atoms with Crippen LogP contribution in [0.5, 0.6) is 0 Å². The van der Waals surface area contributed by atoms with Crippen molar-refractivity contribution in [2.24, 2.45) is 0 Å². The molecule has 2 aliphatic rings. The highest BCUT2D eigenvalue weighted by atomic mass is 16.6. The van der Waals surface area contributed by atoms with Crippen molar-refractivity contribution in [2.75, 3.05) is 31.6 Å². The van der Waals surface area contributed by atoms with E-state index in [-0.39, 0.29) is 18.2 Å². The maximum Gasteiger partial charge on any atom is 0.410 e. The van der Waals surface area contributed by atoms with Crippen LogP contribution in [-0.4, -0.2) is 49.4 Å². The summed E-state index contributed by atoms with van der Waals surface area (Å²) in [5.41, 5.74) is 1.72. The Bertz CT molecular complexity index is 570. The van der Waals surface area contributed by atoms with Crippen LogP contribution < -0.4 is 10.6 Å². The summed E-state index contributed by atoms with van der Waals surface area (Å²) in [5.74, 6) is 0. The third kappa shape index (κ3) is 4.61. The van der Waals surface area contributed by atoms with Gasteiger partial charge in [-0.25, -0.2) is 9.59 Å². The van der Waals surface area contributed by atoms with Crippen molar-refractivity contribution in [3.8, 4) is 0 Å². The van der Waals surface area contributed by atoms with Crippen molar-refractivity contribution in [2.45, 2.75) is 31.9 Å². The highest BCUT2D eigenvalue weighted by Crippen LogP contribution is 2.15. The minimum Gasteiger partial charge on any atom is -0.448 e. The molecular weight excluding hydrogens is 310 g/mol. The van der Waals surface area contributed by atoms with E-state index in [0.29, 0.717) is 26.2 Å². The predicted molar refractivity (Wildman–Crippen MR) is 88.8 cm³/mol. The number of rotatable bonds is 6. The molecule has 0 saturated carbocycles. The summed E-state index contributed by atoms with van der Waals surface area (Å²) in [6, 6.07) is 7.23. The van der Waals surface area contributed by atoms with Crippen LogP contribution in [0.25, 0.3) is 0 Å². The fourth-order valence-electron chi connectivity index (χ4n) is 2.88. The maximum atomic E-state index is 11.9. The van der Waals surface area contributed by atoms with E-state index < -0.39 is 0 Å². The molecule has 0 spiro atoms. The lowest BCUT2D eigenvalue weighted by Gasteiger charge is -2.13. The first kappa shape index (κ1) is 16.6. The van der Waals surface area contributed by atoms with Crippen LogP contribution in [0.3, 0.4) is 0 Å². The first-order chi connectivity index (χ1) is 11.7. The Morgan fingerprint density at radius 1 is 1.25 bits per heavy atom. The zero-order chi connectivity index (χ0) is 16.8. The molecule has 2 fully saturated rings. The number of amides is 3. The lowest BCUT2D eigenvalue weighted by molar-refractivity contribution is 0.105. The molecule has 2 saturated heterocycles. The smallest absolute Gasteiger partial charge is 0.410 e. The Kier molecular flexibility index (Phi) is 5.53. The number of ether oxygens (including phenoxy) is 2. The molecular formula is C17H23N3O4. The highest BCUT2D eigenvalue weighted by Gasteiger charge is 2.21. The van der Waals surface area contributed by atoms with Crippen LogP contribution in [0.15, 0.2) is 24.3 Å². The Morgan fingerprint density at radius 3 is 2.75 bits per heavy atom. The maximum absolute atomic E-state index is 11.9. The SMILES string of the molecule is O=C(NCC[C@@H]1CCCO1)Nc1ccc(CN2CCOC2=O)cc1. The van der Waals surface area contributed by atoms with E-state index in [1.807, 2.05) is 24.3 Å². The summed E-state index contributed by atoms with van der Waals surface area (Å²) in [7, 11) is 0. The van der Waals surface area contributed by atoms with Gasteiger partial charge < -0.3 is 25.0 Å². The number of urea groups is 1. The molecule has 3 amide bonds. The molecule has 3 rings (SSSR count). The number of carbonyl (C=O) groups excluding carboxylic acids is 2. The number of nitrogens with zero attached hydrogens (tertiary/aromatic N) is 1. The molecule has 24 heavy (non-hydrogen) atoms. The first-order valence-electron chi connectivity index (χ1n) is 8.38. The zero-order valence-electron chi connectivity index (χ0n) is 13.6. The molecule has 1 aromatic rings. The minimum absolute atomic E-state index is 0.219. The van der Waals surface area contributed by atoms with Gasteiger partial charge in [0.05, 0.1) is 12.6 Å². The van der Waals surface area contributed by atoms with Gasteiger partial charge in [0.2, 0.25) is 0 Å². The Labute approximate surface area is 141 Å². The van der Waals surface area contributed by atoms with Crippen molar-refractivity contribution < 1.29 is 19.1 Å². The second-order valence-electron chi connectivity index (χ2n) is 6.04. The van der Waals surface area contributed by atoms with Gasteiger partial charge in [-0.2, -0.15) is 0 Å². The van der Waals surface area contributed by atoms with E-state index in [4.69, 9.17) is 9.47 Å². The van der Waals surface area contributed by atoms with E-state index in [9.17, 15) is 9.59 Å². The van der Waals surface area contributed by atoms with Crippen LogP contribution in [0, 0.1) is 0 Å². The van der Waals surface area contributed by atoms with Crippen molar-refractivity contribution in [1.82, 2.24) is 10.2 Å². The average Bonchev–Trinajstić information content (AvgIpc) is 3.22. The standard InChI is InChI=1S/C17H23N3O4/c21-16(18-8-7-15-2-1-10-23-15)19-14-5-3-13(4-6-14)12-20-9-11-24-17(20)22/h3-6,15H,1-2,7-12H2,(H2,18,19,21)/t15-/m0/s1. The van der Waals surface area contributed by atoms with Gasteiger partial charge in [-0.3, -0.25) is 0 Å². The van der Waals surface area contributed by atoms with Crippen LogP contribution in [-0.2, 0) is 16.0 Å². The van der Waals surface area contributed by atoms with Crippen LogP contribution in [0.1, 0.15) is 24.8 Å². The molecule has 1 aromatic carbocycles. The summed E-state index contributed by atoms with van der Waals surface area (Å²) < 4.78 is 10.4. The molecule has 130 valence electrons. The van der Waals surface area contributed by atoms with Crippen LogP contribution in [0.4, 0.5) is 15.3 Å². The third-order valence-corrected chi connectivity index (χ3v) is 4.21. The number of nitrogens with one attached hydrogen (secondary N) is 2. The molecule has 7 heteroatoms. The highest BCUT2D eigenvalue weighted by molar-refractivity contribution is 5.89. The van der Waals surface area contributed by atoms with Crippen molar-refractivity contribution in [3.63, 3.8) is 0 Å². The number of hydrogen-bond acceptors (Lipinski definition) is 4. The molecule has 7 nitrogen and oxygen atoms in total. The normalized spacial score (nSPS) is 20.1. The van der Waals surface area contributed by atoms with Crippen molar-refractivity contribution >= 4 is 17.8 Å². The third-order valence-electron chi connectivity index (χ3n) is 4.21. The van der Waals surface area contributed by atoms with Gasteiger partial charge in [-0.15, -0.1) is 0 Å². The first-order valence-corrected chi connectivity index (χ1v) is 8.38. The van der Waals surface area contributed by atoms with E-state index in [1.54, 1.807) is 4.90 Å². The minimum atomic E-state index is -0.275. The van der Waals surface area contributed by atoms with E-state index >= 15 is 0 Å². The number of hydrogen-bond donors (Lipinski definition) is 2. The zero-order valence-corrected chi connectivity index (χ0v) is 13.6. The second kappa shape index (κ2) is 8.01. The van der Waals surface area contributed by atoms with Gasteiger partial charge in [0, 0.05) is 25.4 Å². The monoisotopic (exact) mass is 333 g/mol. The average molecular weight is 333 g/mol. The van der Waals surface area contributed by atoms with E-state index in [2.05, 4.69) is 10.6 Å². The number of anilines is 1. The summed E-state index contributed by atoms with van der Waals surface area (Å²) in [6.45, 7) is 3.02. The molecule has 2 heterocycles. The van der Waals surface area contributed by atoms with Crippen molar-refractivity contribution in [3.05, 3.63) is 29.8 Å². The Hall–Kier alpha value is -2.28. The van der Waals surface area contributed by atoms with Gasteiger partial charge in [-0.05, 0) is 37.0 Å². The molecule has 1 atom stereocenters. The summed E-state index contributed by atoms with van der Waals surface area (Å²) in [6.07, 6.45) is 3.04. The molecule has 0 bridgehead atoms. The van der Waals surface area contributed by atoms with Gasteiger partial charge in [0.25, 0.3) is 0 Å². The van der Waals surface area contributed by atoms with E-state index in [1.165, 1.54) is 0 Å². The fraction of sp³-hybridized carbons (Fsp3) is 0.529. The van der Waals surface area contributed by atoms with Gasteiger partial charge in [0.1, 0.15) is 6.61 Å². The molecule has 2 N–H and O–H groups in total. The summed E-state index contributed by atoms with van der Waals surface area (Å²) in [4.78, 5) is 24.9. The van der Waals surface area contributed by atoms with Gasteiger partial charge >= 0.3 is 12.1 Å². The predicted octanol–water partition coefficient (Wildman–Crippen LogP) is 2.33. The summed E-state index contributed by atoms with van der Waals surface area (Å²) in [5, 5.41) is 5.64. The van der Waals surface area contributed by atoms with Gasteiger partial charge in [0.15, 0.2) is 0 Å². The molecule has 0 aliphatic carbocycles. The second-order valence-corrected chi connectivity index (χ2v) is 6.04. The number of carbonyl (C=O) groups is 2. The quantitative estimate of drug-likeness (QED) is 0.837. The van der Waals surface area contributed by atoms with Crippen molar-refractivity contribution in [1.29, 1.82) is 0 Å². The van der Waals surface area contributed by atoms with Crippen LogP contribution >= 0.6 is 0 Å². The Morgan fingerprint density at radius 2 is 2.08 bits per heavy atom. The van der Waals surface area contributed by atoms with E-state index in [0.717, 1.165) is 37.1 Å². The molecule has 0 aromatic heterocycles. The topological polar surface area (TPSA) is 79.9 Å².